The molecule has 2 rings (SSSR count). The van der Waals surface area contributed by atoms with Gasteiger partial charge in [0.05, 0.1) is 12.8 Å². The van der Waals surface area contributed by atoms with Gasteiger partial charge in [0.15, 0.2) is 0 Å². The maximum Gasteiger partial charge on any atom is 0.143 e. The number of aromatic nitrogens is 4. The topological polar surface area (TPSA) is 52.8 Å². The lowest BCUT2D eigenvalue weighted by Gasteiger charge is -2.05. The minimum atomic E-state index is 0.763. The molecule has 1 aromatic carbocycles. The molecule has 0 unspecified atom stereocenters. The van der Waals surface area contributed by atoms with Crippen molar-refractivity contribution in [3.63, 3.8) is 0 Å². The first kappa shape index (κ1) is 9.14. The number of halogens is 1. The van der Waals surface area contributed by atoms with Crippen molar-refractivity contribution in [2.24, 2.45) is 0 Å². The number of nitrogens with zero attached hydrogens (tertiary/aromatic N) is 4. The second-order valence-electron chi connectivity index (χ2n) is 2.57. The minimum Gasteiger partial charge on any atom is -0.497 e. The molecule has 0 atom stereocenters. The van der Waals surface area contributed by atoms with E-state index in [-0.39, 0.29) is 0 Å². The van der Waals surface area contributed by atoms with Crippen molar-refractivity contribution in [2.75, 3.05) is 7.11 Å². The number of tetrazole rings is 1. The van der Waals surface area contributed by atoms with Crippen molar-refractivity contribution < 1.29 is 4.74 Å². The molecule has 1 heterocycles. The first-order valence-electron chi connectivity index (χ1n) is 3.88. The van der Waals surface area contributed by atoms with Crippen LogP contribution < -0.4 is 4.74 Å². The lowest BCUT2D eigenvalue weighted by Crippen LogP contribution is -1.97. The summed E-state index contributed by atoms with van der Waals surface area (Å²) in [6.07, 6.45) is 1.53. The molecule has 2 aromatic rings. The standard InChI is InChI=1S/C8H7BrN4O/c1-14-6-2-3-7(9)8(4-6)13-5-10-11-12-13/h2-5H,1H3. The highest BCUT2D eigenvalue weighted by molar-refractivity contribution is 9.10. The molecule has 0 aliphatic carbocycles. The Balaban J connectivity index is 2.51. The monoisotopic (exact) mass is 254 g/mol. The first-order chi connectivity index (χ1) is 6.81. The fourth-order valence-electron chi connectivity index (χ4n) is 1.07. The first-order valence-corrected chi connectivity index (χ1v) is 4.67. The Morgan fingerprint density at radius 2 is 2.29 bits per heavy atom. The summed E-state index contributed by atoms with van der Waals surface area (Å²) in [6.45, 7) is 0. The van der Waals surface area contributed by atoms with Crippen LogP contribution in [0.25, 0.3) is 5.69 Å². The predicted octanol–water partition coefficient (Wildman–Crippen LogP) is 1.43. The van der Waals surface area contributed by atoms with Crippen LogP contribution in [-0.2, 0) is 0 Å². The van der Waals surface area contributed by atoms with Gasteiger partial charge in [-0.05, 0) is 38.5 Å². The SMILES string of the molecule is COc1ccc(Br)c(-n2cnnn2)c1. The average molecular weight is 255 g/mol. The smallest absolute Gasteiger partial charge is 0.143 e. The highest BCUT2D eigenvalue weighted by atomic mass is 79.9. The van der Waals surface area contributed by atoms with E-state index in [4.69, 9.17) is 4.74 Å². The maximum atomic E-state index is 5.11. The highest BCUT2D eigenvalue weighted by Gasteiger charge is 2.04. The number of rotatable bonds is 2. The minimum absolute atomic E-state index is 0.763. The van der Waals surface area contributed by atoms with Crippen molar-refractivity contribution in [1.29, 1.82) is 0 Å². The van der Waals surface area contributed by atoms with Gasteiger partial charge in [-0.1, -0.05) is 0 Å². The fraction of sp³-hybridized carbons (Fsp3) is 0.125. The van der Waals surface area contributed by atoms with Gasteiger partial charge in [0.2, 0.25) is 0 Å². The van der Waals surface area contributed by atoms with Crippen LogP contribution in [0.3, 0.4) is 0 Å². The summed E-state index contributed by atoms with van der Waals surface area (Å²) in [5.74, 6) is 0.763. The van der Waals surface area contributed by atoms with E-state index in [2.05, 4.69) is 31.5 Å². The summed E-state index contributed by atoms with van der Waals surface area (Å²) in [5, 5.41) is 10.9. The Hall–Kier alpha value is -1.43. The number of methoxy groups -OCH3 is 1. The lowest BCUT2D eigenvalue weighted by atomic mass is 10.3. The van der Waals surface area contributed by atoms with E-state index in [0.29, 0.717) is 0 Å². The van der Waals surface area contributed by atoms with Crippen LogP contribution in [0.5, 0.6) is 5.75 Å². The molecule has 0 spiro atoms. The van der Waals surface area contributed by atoms with Gasteiger partial charge in [0.1, 0.15) is 12.1 Å². The zero-order valence-electron chi connectivity index (χ0n) is 7.38. The summed E-state index contributed by atoms with van der Waals surface area (Å²) in [7, 11) is 1.62. The Kier molecular flexibility index (Phi) is 2.45. The van der Waals surface area contributed by atoms with Crippen LogP contribution in [0.2, 0.25) is 0 Å². The quantitative estimate of drug-likeness (QED) is 0.814. The van der Waals surface area contributed by atoms with Crippen LogP contribution in [-0.4, -0.2) is 27.3 Å². The van der Waals surface area contributed by atoms with E-state index in [1.54, 1.807) is 11.8 Å². The molecule has 0 aliphatic heterocycles. The maximum absolute atomic E-state index is 5.11. The Labute approximate surface area is 88.8 Å². The number of hydrogen-bond donors (Lipinski definition) is 0. The van der Waals surface area contributed by atoms with E-state index >= 15 is 0 Å². The molecule has 6 heteroatoms. The summed E-state index contributed by atoms with van der Waals surface area (Å²) in [4.78, 5) is 0. The fourth-order valence-corrected chi connectivity index (χ4v) is 1.49. The lowest BCUT2D eigenvalue weighted by molar-refractivity contribution is 0.414. The summed E-state index contributed by atoms with van der Waals surface area (Å²) < 4.78 is 7.58. The third-order valence-electron chi connectivity index (χ3n) is 1.75. The van der Waals surface area contributed by atoms with Crippen LogP contribution in [0.15, 0.2) is 29.0 Å². The molecule has 0 bridgehead atoms. The second kappa shape index (κ2) is 3.75. The third kappa shape index (κ3) is 1.60. The van der Waals surface area contributed by atoms with Crippen molar-refractivity contribution in [1.82, 2.24) is 20.2 Å². The van der Waals surface area contributed by atoms with Gasteiger partial charge in [0.25, 0.3) is 0 Å². The summed E-state index contributed by atoms with van der Waals surface area (Å²) >= 11 is 3.41. The van der Waals surface area contributed by atoms with Gasteiger partial charge < -0.3 is 4.74 Å². The van der Waals surface area contributed by atoms with Crippen molar-refractivity contribution in [3.05, 3.63) is 29.0 Å². The summed E-state index contributed by atoms with van der Waals surface area (Å²) in [5.41, 5.74) is 0.842. The summed E-state index contributed by atoms with van der Waals surface area (Å²) in [6, 6.07) is 5.59. The molecule has 1 aromatic heterocycles. The molecular formula is C8H7BrN4O. The number of ether oxygens (including phenoxy) is 1. The second-order valence-corrected chi connectivity index (χ2v) is 3.43. The van der Waals surface area contributed by atoms with Gasteiger partial charge in [-0.25, -0.2) is 0 Å². The molecule has 5 nitrogen and oxygen atoms in total. The zero-order valence-corrected chi connectivity index (χ0v) is 8.97. The van der Waals surface area contributed by atoms with Crippen molar-refractivity contribution in [3.8, 4) is 11.4 Å². The van der Waals surface area contributed by atoms with Gasteiger partial charge in [-0.3, -0.25) is 0 Å². The highest BCUT2D eigenvalue weighted by Crippen LogP contribution is 2.24. The Morgan fingerprint density at radius 3 is 2.93 bits per heavy atom. The van der Waals surface area contributed by atoms with Crippen LogP contribution in [0, 0.1) is 0 Å². The normalized spacial score (nSPS) is 10.1. The molecular weight excluding hydrogens is 248 g/mol. The number of benzene rings is 1. The molecule has 72 valence electrons. The largest absolute Gasteiger partial charge is 0.497 e. The van der Waals surface area contributed by atoms with Gasteiger partial charge in [-0.15, -0.1) is 5.10 Å². The molecule has 14 heavy (non-hydrogen) atoms. The van der Waals surface area contributed by atoms with E-state index in [0.717, 1.165) is 15.9 Å². The van der Waals surface area contributed by atoms with Crippen molar-refractivity contribution >= 4 is 15.9 Å². The molecule has 0 aliphatic rings. The van der Waals surface area contributed by atoms with Crippen LogP contribution in [0.4, 0.5) is 0 Å². The third-order valence-corrected chi connectivity index (χ3v) is 2.42. The molecule has 0 radical (unpaired) electrons. The van der Waals surface area contributed by atoms with E-state index in [1.807, 2.05) is 18.2 Å². The molecule has 0 fully saturated rings. The molecule has 0 amide bonds. The van der Waals surface area contributed by atoms with Gasteiger partial charge in [0, 0.05) is 10.5 Å². The van der Waals surface area contributed by atoms with E-state index < -0.39 is 0 Å². The van der Waals surface area contributed by atoms with Crippen LogP contribution >= 0.6 is 15.9 Å². The van der Waals surface area contributed by atoms with Crippen LogP contribution in [0.1, 0.15) is 0 Å². The average Bonchev–Trinajstić information content (AvgIpc) is 2.71. The van der Waals surface area contributed by atoms with Crippen molar-refractivity contribution in [2.45, 2.75) is 0 Å². The Morgan fingerprint density at radius 1 is 1.43 bits per heavy atom. The van der Waals surface area contributed by atoms with E-state index in [9.17, 15) is 0 Å². The zero-order chi connectivity index (χ0) is 9.97. The molecule has 0 saturated carbocycles. The Bertz CT molecular complexity index is 429. The van der Waals surface area contributed by atoms with Gasteiger partial charge >= 0.3 is 0 Å². The molecule has 0 saturated heterocycles. The molecule has 0 N–H and O–H groups in total. The predicted molar refractivity (Wildman–Crippen MR) is 53.4 cm³/mol. The van der Waals surface area contributed by atoms with E-state index in [1.165, 1.54) is 6.33 Å². The number of hydrogen-bond acceptors (Lipinski definition) is 4. The van der Waals surface area contributed by atoms with Gasteiger partial charge in [-0.2, -0.15) is 4.68 Å².